The van der Waals surface area contributed by atoms with E-state index >= 15 is 0 Å². The second-order valence-corrected chi connectivity index (χ2v) is 6.71. The Morgan fingerprint density at radius 2 is 1.80 bits per heavy atom. The van der Waals surface area contributed by atoms with E-state index in [1.54, 1.807) is 0 Å². The highest BCUT2D eigenvalue weighted by atomic mass is 16.7. The largest absolute Gasteiger partial charge is 0.470 e. The third-order valence-corrected chi connectivity index (χ3v) is 5.08. The molecule has 1 aliphatic carbocycles. The Kier molecular flexibility index (Phi) is 6.92. The Labute approximate surface area is 145 Å². The van der Waals surface area contributed by atoms with Crippen molar-refractivity contribution < 1.29 is 44.9 Å². The van der Waals surface area contributed by atoms with Crippen molar-refractivity contribution in [3.63, 3.8) is 0 Å². The van der Waals surface area contributed by atoms with Gasteiger partial charge in [-0.15, -0.1) is 0 Å². The van der Waals surface area contributed by atoms with Crippen LogP contribution in [0.3, 0.4) is 0 Å². The van der Waals surface area contributed by atoms with E-state index in [0.29, 0.717) is 19.1 Å². The van der Waals surface area contributed by atoms with Gasteiger partial charge in [0.05, 0.1) is 24.4 Å². The predicted molar refractivity (Wildman–Crippen MR) is 82.9 cm³/mol. The predicted octanol–water partition coefficient (Wildman–Crippen LogP) is -2.34. The van der Waals surface area contributed by atoms with Gasteiger partial charge >= 0.3 is 0 Å². The lowest BCUT2D eigenvalue weighted by Gasteiger charge is -2.40. The lowest BCUT2D eigenvalue weighted by Crippen LogP contribution is -2.58. The topological polar surface area (TPSA) is 157 Å². The summed E-state index contributed by atoms with van der Waals surface area (Å²) in [7, 11) is 0. The fourth-order valence-electron chi connectivity index (χ4n) is 3.23. The van der Waals surface area contributed by atoms with Crippen molar-refractivity contribution in [1.29, 1.82) is 0 Å². The number of aliphatic hydroxyl groups is 6. The molecule has 0 bridgehead atoms. The zero-order valence-electron chi connectivity index (χ0n) is 13.7. The molecule has 0 radical (unpaired) electrons. The van der Waals surface area contributed by atoms with Gasteiger partial charge in [0.1, 0.15) is 30.7 Å². The highest BCUT2D eigenvalue weighted by molar-refractivity contribution is 5.64. The van der Waals surface area contributed by atoms with Crippen LogP contribution in [0.25, 0.3) is 0 Å². The van der Waals surface area contributed by atoms with Crippen molar-refractivity contribution in [2.24, 2.45) is 11.3 Å². The summed E-state index contributed by atoms with van der Waals surface area (Å²) < 4.78 is 10.4. The van der Waals surface area contributed by atoms with Gasteiger partial charge in [0, 0.05) is 6.61 Å². The lowest BCUT2D eigenvalue weighted by atomic mass is 9.69. The van der Waals surface area contributed by atoms with Crippen LogP contribution in [0.5, 0.6) is 0 Å². The summed E-state index contributed by atoms with van der Waals surface area (Å²) in [5, 5.41) is 57.8. The number of aliphatic hydroxyl groups excluding tert-OH is 6. The normalized spacial score (nSPS) is 45.4. The van der Waals surface area contributed by atoms with E-state index in [1.807, 2.05) is 0 Å². The molecule has 1 heterocycles. The zero-order valence-corrected chi connectivity index (χ0v) is 13.7. The number of hydrogen-bond donors (Lipinski definition) is 6. The summed E-state index contributed by atoms with van der Waals surface area (Å²) in [6.45, 7) is -0.634. The van der Waals surface area contributed by atoms with Gasteiger partial charge in [-0.05, 0) is 31.3 Å². The van der Waals surface area contributed by atoms with Crippen LogP contribution in [0, 0.1) is 11.3 Å². The van der Waals surface area contributed by atoms with Crippen molar-refractivity contribution in [2.75, 3.05) is 13.2 Å². The molecule has 1 aliphatic heterocycles. The molecule has 8 atom stereocenters. The molecule has 2 rings (SSSR count). The number of carbonyl (C=O) groups excluding carboxylic acids is 1. The molecule has 1 saturated heterocycles. The van der Waals surface area contributed by atoms with Crippen LogP contribution in [0.15, 0.2) is 12.3 Å². The van der Waals surface area contributed by atoms with E-state index in [1.165, 1.54) is 6.08 Å². The average molecular weight is 362 g/mol. The highest BCUT2D eigenvalue weighted by Crippen LogP contribution is 2.39. The smallest absolute Gasteiger partial charge is 0.228 e. The Bertz CT molecular complexity index is 469. The van der Waals surface area contributed by atoms with Gasteiger partial charge < -0.3 is 44.9 Å². The number of carbonyl (C=O) groups is 1. The summed E-state index contributed by atoms with van der Waals surface area (Å²) in [5.41, 5.74) is -1.17. The molecule has 9 nitrogen and oxygen atoms in total. The van der Waals surface area contributed by atoms with E-state index in [9.17, 15) is 30.3 Å². The van der Waals surface area contributed by atoms with Crippen molar-refractivity contribution >= 4 is 6.29 Å². The van der Waals surface area contributed by atoms with E-state index < -0.39 is 48.8 Å². The van der Waals surface area contributed by atoms with Crippen molar-refractivity contribution in [3.8, 4) is 0 Å². The standard InChI is InChI=1S/C16H26O9/c17-6-9-1-2-16(8-19,11(20)5-9)3-4-24-15-14(23)13(22)12(21)10(7-18)25-15/h3-4,8-15,17-18,20-23H,1-2,5-7H2/b4-3+/t9-,10+,11-,12+,13-,14+,15+,16+/m0/s1. The quantitative estimate of drug-likeness (QED) is 0.225. The van der Waals surface area contributed by atoms with Gasteiger partial charge in [-0.25, -0.2) is 0 Å². The summed E-state index contributed by atoms with van der Waals surface area (Å²) in [6, 6.07) is 0. The molecule has 0 unspecified atom stereocenters. The average Bonchev–Trinajstić information content (AvgIpc) is 2.63. The van der Waals surface area contributed by atoms with Crippen molar-refractivity contribution in [3.05, 3.63) is 12.3 Å². The molecule has 0 aromatic carbocycles. The second kappa shape index (κ2) is 8.54. The first-order valence-electron chi connectivity index (χ1n) is 8.27. The molecule has 2 fully saturated rings. The summed E-state index contributed by atoms with van der Waals surface area (Å²) in [5.74, 6) is -0.0668. The Balaban J connectivity index is 2.02. The first-order valence-corrected chi connectivity index (χ1v) is 8.27. The third kappa shape index (κ3) is 4.20. The Hall–Kier alpha value is -1.07. The van der Waals surface area contributed by atoms with E-state index in [0.717, 1.165) is 6.26 Å². The molecule has 0 spiro atoms. The van der Waals surface area contributed by atoms with Gasteiger partial charge in [0.25, 0.3) is 0 Å². The van der Waals surface area contributed by atoms with Gasteiger partial charge in [0.15, 0.2) is 0 Å². The molecule has 6 N–H and O–H groups in total. The SMILES string of the molecule is O=C[C@]1(/C=C/O[C@@H]2O[C@H](CO)[C@@H](O)[C@H](O)[C@H]2O)CC[C@H](CO)C[C@@H]1O. The highest BCUT2D eigenvalue weighted by Gasteiger charge is 2.45. The molecule has 2 aliphatic rings. The fraction of sp³-hybridized carbons (Fsp3) is 0.812. The summed E-state index contributed by atoms with van der Waals surface area (Å²) in [4.78, 5) is 11.5. The minimum Gasteiger partial charge on any atom is -0.470 e. The first kappa shape index (κ1) is 20.2. The number of hydrogen-bond acceptors (Lipinski definition) is 9. The molecule has 144 valence electrons. The van der Waals surface area contributed by atoms with Crippen molar-refractivity contribution in [1.82, 2.24) is 0 Å². The number of ether oxygens (including phenoxy) is 2. The molecule has 0 amide bonds. The minimum absolute atomic E-state index is 0.0585. The van der Waals surface area contributed by atoms with Gasteiger partial charge in [0.2, 0.25) is 6.29 Å². The van der Waals surface area contributed by atoms with E-state index in [-0.39, 0.29) is 18.9 Å². The number of aldehydes is 1. The van der Waals surface area contributed by atoms with Crippen LogP contribution >= 0.6 is 0 Å². The maximum Gasteiger partial charge on any atom is 0.228 e. The Morgan fingerprint density at radius 1 is 1.08 bits per heavy atom. The van der Waals surface area contributed by atoms with Gasteiger partial charge in [-0.2, -0.15) is 0 Å². The van der Waals surface area contributed by atoms with Crippen LogP contribution in [-0.2, 0) is 14.3 Å². The zero-order chi connectivity index (χ0) is 18.6. The van der Waals surface area contributed by atoms with E-state index in [2.05, 4.69) is 0 Å². The molecule has 0 aromatic rings. The summed E-state index contributed by atoms with van der Waals surface area (Å²) in [6.07, 6.45) is -3.76. The first-order chi connectivity index (χ1) is 11.9. The molecular weight excluding hydrogens is 336 g/mol. The second-order valence-electron chi connectivity index (χ2n) is 6.71. The maximum atomic E-state index is 11.5. The van der Waals surface area contributed by atoms with Crippen molar-refractivity contribution in [2.45, 2.75) is 56.1 Å². The molecular formula is C16H26O9. The Morgan fingerprint density at radius 3 is 2.36 bits per heavy atom. The monoisotopic (exact) mass is 362 g/mol. The van der Waals surface area contributed by atoms with Crippen LogP contribution in [0.1, 0.15) is 19.3 Å². The molecule has 9 heteroatoms. The lowest BCUT2D eigenvalue weighted by molar-refractivity contribution is -0.288. The maximum absolute atomic E-state index is 11.5. The van der Waals surface area contributed by atoms with E-state index in [4.69, 9.17) is 14.6 Å². The number of rotatable bonds is 6. The van der Waals surface area contributed by atoms with Crippen LogP contribution in [0.4, 0.5) is 0 Å². The van der Waals surface area contributed by atoms with Gasteiger partial charge in [-0.1, -0.05) is 0 Å². The molecule has 1 saturated carbocycles. The minimum atomic E-state index is -1.56. The van der Waals surface area contributed by atoms with Gasteiger partial charge in [-0.3, -0.25) is 0 Å². The molecule has 0 aromatic heterocycles. The van der Waals surface area contributed by atoms with Crippen LogP contribution < -0.4 is 0 Å². The molecule has 25 heavy (non-hydrogen) atoms. The third-order valence-electron chi connectivity index (χ3n) is 5.08. The fourth-order valence-corrected chi connectivity index (χ4v) is 3.23. The van der Waals surface area contributed by atoms with Crippen LogP contribution in [-0.4, -0.2) is 86.9 Å². The van der Waals surface area contributed by atoms with Crippen LogP contribution in [0.2, 0.25) is 0 Å². The summed E-state index contributed by atoms with van der Waals surface area (Å²) >= 11 is 0.